The van der Waals surface area contributed by atoms with Gasteiger partial charge in [0.2, 0.25) is 0 Å². The largest absolute Gasteiger partial charge is 0.463 e. The van der Waals surface area contributed by atoms with Crippen LogP contribution >= 0.6 is 15.9 Å². The lowest BCUT2D eigenvalue weighted by Crippen LogP contribution is -2.49. The third-order valence-electron chi connectivity index (χ3n) is 5.09. The Morgan fingerprint density at radius 1 is 1.33 bits per heavy atom. The summed E-state index contributed by atoms with van der Waals surface area (Å²) in [6.07, 6.45) is 2.26. The van der Waals surface area contributed by atoms with Crippen molar-refractivity contribution in [2.75, 3.05) is 26.2 Å². The van der Waals surface area contributed by atoms with Gasteiger partial charge < -0.3 is 15.4 Å². The van der Waals surface area contributed by atoms with Crippen LogP contribution in [0.1, 0.15) is 38.3 Å². The number of likely N-dealkylation sites (tertiary alicyclic amines) is 1. The maximum atomic E-state index is 12.8. The highest BCUT2D eigenvalue weighted by atomic mass is 79.9. The van der Waals surface area contributed by atoms with Crippen molar-refractivity contribution in [3.05, 3.63) is 45.6 Å². The third kappa shape index (κ3) is 4.90. The van der Waals surface area contributed by atoms with Gasteiger partial charge in [-0.25, -0.2) is 9.59 Å². The molecule has 6 nitrogen and oxygen atoms in total. The zero-order valence-corrected chi connectivity index (χ0v) is 17.3. The standard InChI is InChI=1S/C20H26BrN3O3/c1-3-27-19(25)17-16(12-24-9-7-13(2)8-10-24)22-20(26)23-18(17)14-5-4-6-15(21)11-14/h4-6,11,13,18H,3,7-10,12H2,1-2H3,(H2,22,23,26)/t18-/m0/s1. The molecule has 0 saturated carbocycles. The molecule has 2 amide bonds. The fourth-order valence-electron chi connectivity index (χ4n) is 3.57. The highest BCUT2D eigenvalue weighted by Gasteiger charge is 2.34. The van der Waals surface area contributed by atoms with E-state index < -0.39 is 12.0 Å². The first-order valence-electron chi connectivity index (χ1n) is 9.43. The molecule has 2 aliphatic heterocycles. The molecule has 146 valence electrons. The van der Waals surface area contributed by atoms with Crippen molar-refractivity contribution in [3.8, 4) is 0 Å². The van der Waals surface area contributed by atoms with Gasteiger partial charge in [0.1, 0.15) is 0 Å². The molecular formula is C20H26BrN3O3. The van der Waals surface area contributed by atoms with E-state index in [1.54, 1.807) is 6.92 Å². The van der Waals surface area contributed by atoms with E-state index in [0.717, 1.165) is 41.9 Å². The smallest absolute Gasteiger partial charge is 0.338 e. The van der Waals surface area contributed by atoms with Crippen LogP contribution in [-0.4, -0.2) is 43.1 Å². The Bertz CT molecular complexity index is 742. The second-order valence-corrected chi connectivity index (χ2v) is 8.07. The lowest BCUT2D eigenvalue weighted by molar-refractivity contribution is -0.139. The normalized spacial score (nSPS) is 21.6. The summed E-state index contributed by atoms with van der Waals surface area (Å²) in [5.41, 5.74) is 1.96. The van der Waals surface area contributed by atoms with Crippen LogP contribution in [0.25, 0.3) is 0 Å². The van der Waals surface area contributed by atoms with Crippen molar-refractivity contribution in [3.63, 3.8) is 0 Å². The van der Waals surface area contributed by atoms with Crippen LogP contribution in [0.3, 0.4) is 0 Å². The van der Waals surface area contributed by atoms with E-state index in [1.807, 2.05) is 24.3 Å². The molecule has 0 spiro atoms. The molecule has 0 bridgehead atoms. The Labute approximate surface area is 168 Å². The molecular weight excluding hydrogens is 410 g/mol. The third-order valence-corrected chi connectivity index (χ3v) is 5.58. The van der Waals surface area contributed by atoms with E-state index in [0.29, 0.717) is 17.8 Å². The summed E-state index contributed by atoms with van der Waals surface area (Å²) in [4.78, 5) is 27.4. The van der Waals surface area contributed by atoms with Crippen molar-refractivity contribution in [1.29, 1.82) is 0 Å². The number of benzene rings is 1. The van der Waals surface area contributed by atoms with Crippen molar-refractivity contribution >= 4 is 27.9 Å². The Morgan fingerprint density at radius 3 is 2.74 bits per heavy atom. The number of nitrogens with zero attached hydrogens (tertiary/aromatic N) is 1. The number of urea groups is 1. The summed E-state index contributed by atoms with van der Waals surface area (Å²) in [5.74, 6) is 0.326. The quantitative estimate of drug-likeness (QED) is 0.695. The highest BCUT2D eigenvalue weighted by Crippen LogP contribution is 2.30. The van der Waals surface area contributed by atoms with E-state index in [4.69, 9.17) is 4.74 Å². The van der Waals surface area contributed by atoms with Crippen molar-refractivity contribution < 1.29 is 14.3 Å². The van der Waals surface area contributed by atoms with Crippen molar-refractivity contribution in [2.45, 2.75) is 32.7 Å². The van der Waals surface area contributed by atoms with Gasteiger partial charge in [0.15, 0.2) is 0 Å². The average molecular weight is 436 g/mol. The first-order chi connectivity index (χ1) is 13.0. The van der Waals surface area contributed by atoms with Crippen LogP contribution in [0.2, 0.25) is 0 Å². The topological polar surface area (TPSA) is 70.7 Å². The van der Waals surface area contributed by atoms with Crippen LogP contribution in [0.5, 0.6) is 0 Å². The van der Waals surface area contributed by atoms with E-state index in [2.05, 4.69) is 38.4 Å². The van der Waals surface area contributed by atoms with Crippen LogP contribution < -0.4 is 10.6 Å². The highest BCUT2D eigenvalue weighted by molar-refractivity contribution is 9.10. The number of halogens is 1. The van der Waals surface area contributed by atoms with Crippen LogP contribution in [0, 0.1) is 5.92 Å². The minimum absolute atomic E-state index is 0.288. The van der Waals surface area contributed by atoms with E-state index in [1.165, 1.54) is 0 Å². The number of esters is 1. The van der Waals surface area contributed by atoms with Gasteiger partial charge >= 0.3 is 12.0 Å². The molecule has 0 aromatic heterocycles. The van der Waals surface area contributed by atoms with E-state index in [9.17, 15) is 9.59 Å². The fourth-order valence-corrected chi connectivity index (χ4v) is 3.99. The predicted octanol–water partition coefficient (Wildman–Crippen LogP) is 3.35. The lowest BCUT2D eigenvalue weighted by Gasteiger charge is -2.34. The summed E-state index contributed by atoms with van der Waals surface area (Å²) in [6, 6.07) is 6.79. The number of hydrogen-bond acceptors (Lipinski definition) is 4. The maximum Gasteiger partial charge on any atom is 0.338 e. The van der Waals surface area contributed by atoms with E-state index >= 15 is 0 Å². The predicted molar refractivity (Wildman–Crippen MR) is 107 cm³/mol. The molecule has 3 rings (SSSR count). The van der Waals surface area contributed by atoms with Gasteiger partial charge in [-0.05, 0) is 56.5 Å². The first-order valence-corrected chi connectivity index (χ1v) is 10.2. The lowest BCUT2D eigenvalue weighted by atomic mass is 9.94. The minimum Gasteiger partial charge on any atom is -0.463 e. The van der Waals surface area contributed by atoms with Gasteiger partial charge in [-0.15, -0.1) is 0 Å². The monoisotopic (exact) mass is 435 g/mol. The number of ether oxygens (including phenoxy) is 1. The Kier molecular flexibility index (Phi) is 6.55. The fraction of sp³-hybridized carbons (Fsp3) is 0.500. The summed E-state index contributed by atoms with van der Waals surface area (Å²) in [7, 11) is 0. The van der Waals surface area contributed by atoms with E-state index in [-0.39, 0.29) is 12.6 Å². The van der Waals surface area contributed by atoms with Crippen LogP contribution in [-0.2, 0) is 9.53 Å². The molecule has 27 heavy (non-hydrogen) atoms. The number of hydrogen-bond donors (Lipinski definition) is 2. The Morgan fingerprint density at radius 2 is 2.07 bits per heavy atom. The molecule has 0 aliphatic carbocycles. The molecule has 1 atom stereocenters. The molecule has 2 N–H and O–H groups in total. The van der Waals surface area contributed by atoms with Gasteiger partial charge in [-0.2, -0.15) is 0 Å². The van der Waals surface area contributed by atoms with Crippen molar-refractivity contribution in [2.24, 2.45) is 5.92 Å². The Hall–Kier alpha value is -1.86. The molecule has 2 aliphatic rings. The summed E-state index contributed by atoms with van der Waals surface area (Å²) in [6.45, 7) is 6.80. The summed E-state index contributed by atoms with van der Waals surface area (Å²) in [5, 5.41) is 5.73. The SMILES string of the molecule is CCOC(=O)C1=C(CN2CCC(C)CC2)NC(=O)N[C@H]1c1cccc(Br)c1. The second-order valence-electron chi connectivity index (χ2n) is 7.16. The van der Waals surface area contributed by atoms with Crippen LogP contribution in [0.15, 0.2) is 40.0 Å². The number of rotatable bonds is 5. The molecule has 2 heterocycles. The Balaban J connectivity index is 1.95. The number of nitrogens with one attached hydrogen (secondary N) is 2. The number of amides is 2. The zero-order chi connectivity index (χ0) is 19.4. The van der Waals surface area contributed by atoms with Gasteiger partial charge in [-0.1, -0.05) is 35.0 Å². The molecule has 1 aromatic rings. The minimum atomic E-state index is -0.533. The average Bonchev–Trinajstić information content (AvgIpc) is 2.63. The van der Waals surface area contributed by atoms with Crippen LogP contribution in [0.4, 0.5) is 4.79 Å². The molecule has 1 aromatic carbocycles. The second kappa shape index (κ2) is 8.89. The first kappa shape index (κ1) is 19.9. The van der Waals surface area contributed by atoms with Gasteiger partial charge in [0, 0.05) is 16.7 Å². The number of piperidine rings is 1. The van der Waals surface area contributed by atoms with Gasteiger partial charge in [0.05, 0.1) is 18.2 Å². The molecule has 7 heteroatoms. The summed E-state index contributed by atoms with van der Waals surface area (Å²) >= 11 is 3.46. The van der Waals surface area contributed by atoms with Gasteiger partial charge in [0.25, 0.3) is 0 Å². The summed E-state index contributed by atoms with van der Waals surface area (Å²) < 4.78 is 6.21. The van der Waals surface area contributed by atoms with Gasteiger partial charge in [-0.3, -0.25) is 4.90 Å². The molecule has 1 fully saturated rings. The van der Waals surface area contributed by atoms with Crippen molar-refractivity contribution in [1.82, 2.24) is 15.5 Å². The molecule has 0 radical (unpaired) electrons. The number of carbonyl (C=O) groups is 2. The zero-order valence-electron chi connectivity index (χ0n) is 15.8. The maximum absolute atomic E-state index is 12.8. The molecule has 1 saturated heterocycles. The molecule has 0 unspecified atom stereocenters. The number of carbonyl (C=O) groups excluding carboxylic acids is 2.